The van der Waals surface area contributed by atoms with E-state index in [0.717, 1.165) is 11.3 Å². The van der Waals surface area contributed by atoms with Crippen LogP contribution in [0.15, 0.2) is 24.3 Å². The summed E-state index contributed by atoms with van der Waals surface area (Å²) in [7, 11) is 0. The summed E-state index contributed by atoms with van der Waals surface area (Å²) in [6.07, 6.45) is 1.09. The van der Waals surface area contributed by atoms with Gasteiger partial charge in [0.1, 0.15) is 0 Å². The molecule has 0 aromatic heterocycles. The molecule has 1 aromatic rings. The lowest BCUT2D eigenvalue weighted by Crippen LogP contribution is -2.34. The molecule has 0 aliphatic rings. The topological polar surface area (TPSA) is 95.6 Å². The SMILES string of the molecule is CC(C)(C[C@@H](N)Cc1ccc(NCCO)cc1)C(=O)O. The predicted octanol–water partition coefficient (Wildman–Crippen LogP) is 1.46. The van der Waals surface area contributed by atoms with Gasteiger partial charge in [0.2, 0.25) is 0 Å². The standard InChI is InChI=1S/C15H24N2O3/c1-15(2,14(19)20)10-12(16)9-11-3-5-13(6-4-11)17-7-8-18/h3-6,12,17-18H,7-10,16H2,1-2H3,(H,19,20)/t12-/m0/s1. The summed E-state index contributed by atoms with van der Waals surface area (Å²) < 4.78 is 0. The second kappa shape index (κ2) is 7.26. The number of nitrogens with one attached hydrogen (secondary N) is 1. The molecule has 5 N–H and O–H groups in total. The van der Waals surface area contributed by atoms with Crippen molar-refractivity contribution < 1.29 is 15.0 Å². The van der Waals surface area contributed by atoms with Gasteiger partial charge in [0.15, 0.2) is 0 Å². The molecular weight excluding hydrogens is 256 g/mol. The Morgan fingerprint density at radius 2 is 1.95 bits per heavy atom. The van der Waals surface area contributed by atoms with Crippen molar-refractivity contribution in [3.05, 3.63) is 29.8 Å². The minimum Gasteiger partial charge on any atom is -0.481 e. The van der Waals surface area contributed by atoms with E-state index in [1.165, 1.54) is 0 Å². The highest BCUT2D eigenvalue weighted by molar-refractivity contribution is 5.73. The van der Waals surface area contributed by atoms with Crippen LogP contribution in [0.2, 0.25) is 0 Å². The maximum atomic E-state index is 11.1. The van der Waals surface area contributed by atoms with Gasteiger partial charge in [-0.3, -0.25) is 4.79 Å². The van der Waals surface area contributed by atoms with Gasteiger partial charge >= 0.3 is 5.97 Å². The van der Waals surface area contributed by atoms with E-state index in [-0.39, 0.29) is 12.6 Å². The number of anilines is 1. The molecule has 112 valence electrons. The molecule has 0 saturated carbocycles. The number of aliphatic hydroxyl groups is 1. The monoisotopic (exact) mass is 280 g/mol. The van der Waals surface area contributed by atoms with Crippen LogP contribution in [0.1, 0.15) is 25.8 Å². The Kier molecular flexibility index (Phi) is 5.98. The first-order valence-corrected chi connectivity index (χ1v) is 6.78. The molecule has 0 fully saturated rings. The molecule has 0 spiro atoms. The summed E-state index contributed by atoms with van der Waals surface area (Å²) in [4.78, 5) is 11.1. The van der Waals surface area contributed by atoms with Gasteiger partial charge in [0.25, 0.3) is 0 Å². The number of hydrogen-bond acceptors (Lipinski definition) is 4. The largest absolute Gasteiger partial charge is 0.481 e. The van der Waals surface area contributed by atoms with Gasteiger partial charge in [-0.15, -0.1) is 0 Å². The van der Waals surface area contributed by atoms with Crippen molar-refractivity contribution in [2.45, 2.75) is 32.7 Å². The number of aliphatic hydroxyl groups excluding tert-OH is 1. The molecule has 0 saturated heterocycles. The van der Waals surface area contributed by atoms with Crippen molar-refractivity contribution in [2.24, 2.45) is 11.1 Å². The first kappa shape index (κ1) is 16.5. The Hall–Kier alpha value is -1.59. The molecule has 0 radical (unpaired) electrons. The molecule has 0 heterocycles. The second-order valence-electron chi connectivity index (χ2n) is 5.70. The Balaban J connectivity index is 2.54. The van der Waals surface area contributed by atoms with Crippen molar-refractivity contribution in [3.8, 4) is 0 Å². The second-order valence-corrected chi connectivity index (χ2v) is 5.70. The van der Waals surface area contributed by atoms with Crippen LogP contribution in [0.25, 0.3) is 0 Å². The molecule has 1 aromatic carbocycles. The predicted molar refractivity (Wildman–Crippen MR) is 79.7 cm³/mol. The van der Waals surface area contributed by atoms with Crippen LogP contribution in [0.3, 0.4) is 0 Å². The number of hydrogen-bond donors (Lipinski definition) is 4. The Morgan fingerprint density at radius 1 is 1.35 bits per heavy atom. The van der Waals surface area contributed by atoms with E-state index in [9.17, 15) is 4.79 Å². The van der Waals surface area contributed by atoms with Crippen molar-refractivity contribution >= 4 is 11.7 Å². The van der Waals surface area contributed by atoms with Crippen LogP contribution >= 0.6 is 0 Å². The molecule has 5 nitrogen and oxygen atoms in total. The van der Waals surface area contributed by atoms with E-state index >= 15 is 0 Å². The summed E-state index contributed by atoms with van der Waals surface area (Å²) in [5, 5.41) is 20.9. The Morgan fingerprint density at radius 3 is 2.45 bits per heavy atom. The van der Waals surface area contributed by atoms with Gasteiger partial charge < -0.3 is 21.3 Å². The highest BCUT2D eigenvalue weighted by Crippen LogP contribution is 2.23. The van der Waals surface area contributed by atoms with Crippen LogP contribution in [0.5, 0.6) is 0 Å². The van der Waals surface area contributed by atoms with Crippen molar-refractivity contribution in [2.75, 3.05) is 18.5 Å². The molecule has 0 bridgehead atoms. The third-order valence-electron chi connectivity index (χ3n) is 3.24. The maximum Gasteiger partial charge on any atom is 0.309 e. The highest BCUT2D eigenvalue weighted by Gasteiger charge is 2.29. The lowest BCUT2D eigenvalue weighted by Gasteiger charge is -2.23. The highest BCUT2D eigenvalue weighted by atomic mass is 16.4. The lowest BCUT2D eigenvalue weighted by atomic mass is 9.84. The summed E-state index contributed by atoms with van der Waals surface area (Å²) in [5.41, 5.74) is 7.26. The maximum absolute atomic E-state index is 11.1. The molecule has 1 atom stereocenters. The van der Waals surface area contributed by atoms with Crippen LogP contribution in [-0.2, 0) is 11.2 Å². The first-order chi connectivity index (χ1) is 9.35. The normalized spacial score (nSPS) is 13.0. The van der Waals surface area contributed by atoms with E-state index in [0.29, 0.717) is 19.4 Å². The first-order valence-electron chi connectivity index (χ1n) is 6.78. The van der Waals surface area contributed by atoms with Gasteiger partial charge in [-0.05, 0) is 44.4 Å². The molecule has 20 heavy (non-hydrogen) atoms. The zero-order valence-electron chi connectivity index (χ0n) is 12.1. The molecule has 5 heteroatoms. The number of carboxylic acid groups (broad SMARTS) is 1. The number of carboxylic acids is 1. The van der Waals surface area contributed by atoms with Crippen molar-refractivity contribution in [1.82, 2.24) is 0 Å². The smallest absolute Gasteiger partial charge is 0.309 e. The van der Waals surface area contributed by atoms with Crippen LogP contribution in [-0.4, -0.2) is 35.4 Å². The number of benzene rings is 1. The average Bonchev–Trinajstić information content (AvgIpc) is 2.37. The number of nitrogens with two attached hydrogens (primary N) is 1. The molecule has 0 unspecified atom stereocenters. The summed E-state index contributed by atoms with van der Waals surface area (Å²) in [5.74, 6) is -0.823. The summed E-state index contributed by atoms with van der Waals surface area (Å²) in [6.45, 7) is 4.00. The molecule has 0 aliphatic carbocycles. The third-order valence-corrected chi connectivity index (χ3v) is 3.24. The minimum atomic E-state index is -0.823. The van der Waals surface area contributed by atoms with Gasteiger partial charge in [0, 0.05) is 18.3 Å². The van der Waals surface area contributed by atoms with Crippen molar-refractivity contribution in [1.29, 1.82) is 0 Å². The fourth-order valence-electron chi connectivity index (χ4n) is 2.08. The van der Waals surface area contributed by atoms with Gasteiger partial charge in [-0.25, -0.2) is 0 Å². The zero-order valence-corrected chi connectivity index (χ0v) is 12.1. The molecule has 0 amide bonds. The quantitative estimate of drug-likeness (QED) is 0.578. The fraction of sp³-hybridized carbons (Fsp3) is 0.533. The van der Waals surface area contributed by atoms with Crippen molar-refractivity contribution in [3.63, 3.8) is 0 Å². The van der Waals surface area contributed by atoms with E-state index in [2.05, 4.69) is 5.32 Å². The van der Waals surface area contributed by atoms with Gasteiger partial charge in [-0.2, -0.15) is 0 Å². The molecule has 1 rings (SSSR count). The van der Waals surface area contributed by atoms with E-state index < -0.39 is 11.4 Å². The zero-order chi connectivity index (χ0) is 15.2. The van der Waals surface area contributed by atoms with Gasteiger partial charge in [-0.1, -0.05) is 12.1 Å². The number of rotatable bonds is 8. The molecule has 0 aliphatic heterocycles. The van der Waals surface area contributed by atoms with Crippen LogP contribution < -0.4 is 11.1 Å². The molecular formula is C15H24N2O3. The fourth-order valence-corrected chi connectivity index (χ4v) is 2.08. The summed E-state index contributed by atoms with van der Waals surface area (Å²) >= 11 is 0. The van der Waals surface area contributed by atoms with Crippen LogP contribution in [0.4, 0.5) is 5.69 Å². The number of aliphatic carboxylic acids is 1. The third kappa shape index (κ3) is 5.19. The van der Waals surface area contributed by atoms with E-state index in [1.807, 2.05) is 24.3 Å². The van der Waals surface area contributed by atoms with Crippen LogP contribution in [0, 0.1) is 5.41 Å². The van der Waals surface area contributed by atoms with Gasteiger partial charge in [0.05, 0.1) is 12.0 Å². The summed E-state index contributed by atoms with van der Waals surface area (Å²) in [6, 6.07) is 7.61. The Bertz CT molecular complexity index is 429. The minimum absolute atomic E-state index is 0.0941. The van der Waals surface area contributed by atoms with E-state index in [1.54, 1.807) is 13.8 Å². The lowest BCUT2D eigenvalue weighted by molar-refractivity contribution is -0.147. The average molecular weight is 280 g/mol. The Labute approximate surface area is 119 Å². The van der Waals surface area contributed by atoms with E-state index in [4.69, 9.17) is 15.9 Å². The number of carbonyl (C=O) groups is 1.